The highest BCUT2D eigenvalue weighted by Crippen LogP contribution is 2.24. The molecule has 0 saturated carbocycles. The molecule has 0 aliphatic carbocycles. The Labute approximate surface area is 111 Å². The predicted octanol–water partition coefficient (Wildman–Crippen LogP) is 1.71. The van der Waals surface area contributed by atoms with Crippen molar-refractivity contribution in [2.45, 2.75) is 0 Å². The number of hydrogen-bond acceptors (Lipinski definition) is 4. The molecule has 2 aromatic rings. The molecule has 0 aliphatic rings. The zero-order chi connectivity index (χ0) is 13.3. The molecule has 1 aromatic heterocycles. The topological polar surface area (TPSA) is 72.7 Å². The lowest BCUT2D eigenvalue weighted by atomic mass is 10.2. The molecule has 0 bridgehead atoms. The van der Waals surface area contributed by atoms with E-state index in [1.54, 1.807) is 0 Å². The number of rotatable bonds is 2. The lowest BCUT2D eigenvalue weighted by molar-refractivity contribution is 0.102. The number of aryl methyl sites for hydroxylation is 1. The Kier molecular flexibility index (Phi) is 3.44. The van der Waals surface area contributed by atoms with E-state index in [1.807, 2.05) is 0 Å². The number of carbonyl (C=O) groups is 1. The van der Waals surface area contributed by atoms with Gasteiger partial charge in [0.2, 0.25) is 5.95 Å². The Morgan fingerprint density at radius 2 is 2.28 bits per heavy atom. The summed E-state index contributed by atoms with van der Waals surface area (Å²) in [4.78, 5) is 11.8. The number of nitrogens with zero attached hydrogens (tertiary/aromatic N) is 4. The van der Waals surface area contributed by atoms with E-state index in [-0.39, 0.29) is 21.6 Å². The first-order valence-electron chi connectivity index (χ1n) is 4.59. The average Bonchev–Trinajstić information content (AvgIpc) is 2.62. The van der Waals surface area contributed by atoms with Crippen molar-refractivity contribution in [3.63, 3.8) is 0 Å². The van der Waals surface area contributed by atoms with Crippen molar-refractivity contribution in [2.24, 2.45) is 7.05 Å². The van der Waals surface area contributed by atoms with Gasteiger partial charge in [-0.2, -0.15) is 0 Å². The van der Waals surface area contributed by atoms with Gasteiger partial charge in [-0.15, -0.1) is 0 Å². The Balaban J connectivity index is 2.33. The monoisotopic (exact) mass is 288 g/mol. The maximum Gasteiger partial charge on any atom is 0.262 e. The van der Waals surface area contributed by atoms with E-state index in [0.29, 0.717) is 0 Å². The van der Waals surface area contributed by atoms with Crippen LogP contribution in [0.5, 0.6) is 0 Å². The molecular weight excluding hydrogens is 284 g/mol. The molecule has 0 fully saturated rings. The summed E-state index contributed by atoms with van der Waals surface area (Å²) in [6.45, 7) is 0. The molecule has 2 rings (SSSR count). The largest absolute Gasteiger partial charge is 0.289 e. The Hall–Kier alpha value is -1.73. The standard InChI is InChI=1S/C9H5Cl2FN5O/c1-17-9(14-15-16-17)13-8(18)7-5(11)2-4(10)3-6(7)12/h3H,1H3,(H,13,14,16,18). The molecule has 1 N–H and O–H groups in total. The van der Waals surface area contributed by atoms with Gasteiger partial charge in [0.1, 0.15) is 5.82 Å². The second-order valence-electron chi connectivity index (χ2n) is 3.23. The minimum Gasteiger partial charge on any atom is -0.289 e. The van der Waals surface area contributed by atoms with Gasteiger partial charge >= 0.3 is 0 Å². The molecule has 1 heterocycles. The number of nitrogens with one attached hydrogen (secondary N) is 1. The van der Waals surface area contributed by atoms with Crippen molar-refractivity contribution in [3.8, 4) is 0 Å². The zero-order valence-corrected chi connectivity index (χ0v) is 10.4. The number of aromatic nitrogens is 4. The highest BCUT2D eigenvalue weighted by Gasteiger charge is 2.19. The second kappa shape index (κ2) is 4.87. The van der Waals surface area contributed by atoms with E-state index < -0.39 is 11.7 Å². The van der Waals surface area contributed by atoms with Crippen molar-refractivity contribution >= 4 is 35.1 Å². The van der Waals surface area contributed by atoms with Gasteiger partial charge in [0.05, 0.1) is 15.6 Å². The molecular formula is C9H5Cl2FN5O. The van der Waals surface area contributed by atoms with Gasteiger partial charge in [0, 0.05) is 13.1 Å². The van der Waals surface area contributed by atoms with Gasteiger partial charge in [-0.3, -0.25) is 10.1 Å². The number of benzene rings is 1. The van der Waals surface area contributed by atoms with E-state index in [1.165, 1.54) is 11.7 Å². The molecule has 1 aromatic carbocycles. The fourth-order valence-corrected chi connectivity index (χ4v) is 1.72. The Bertz CT molecular complexity index is 592. The molecule has 18 heavy (non-hydrogen) atoms. The van der Waals surface area contributed by atoms with Gasteiger partial charge in [-0.1, -0.05) is 28.3 Å². The third kappa shape index (κ3) is 2.41. The third-order valence-electron chi connectivity index (χ3n) is 2.01. The SMILES string of the molecule is Cn1nnnc1NC(=O)c1c(Cl)[c]c(Cl)cc1F. The Morgan fingerprint density at radius 3 is 2.83 bits per heavy atom. The second-order valence-corrected chi connectivity index (χ2v) is 4.02. The van der Waals surface area contributed by atoms with Crippen LogP contribution in [0.3, 0.4) is 0 Å². The summed E-state index contributed by atoms with van der Waals surface area (Å²) in [6.07, 6.45) is 0. The van der Waals surface area contributed by atoms with Crippen LogP contribution in [0.15, 0.2) is 6.07 Å². The number of hydrogen-bond donors (Lipinski definition) is 1. The Morgan fingerprint density at radius 1 is 1.56 bits per heavy atom. The van der Waals surface area contributed by atoms with Crippen LogP contribution in [-0.2, 0) is 7.05 Å². The summed E-state index contributed by atoms with van der Waals surface area (Å²) >= 11 is 11.3. The summed E-state index contributed by atoms with van der Waals surface area (Å²) in [5, 5.41) is 12.4. The number of halogens is 3. The number of anilines is 1. The van der Waals surface area contributed by atoms with E-state index in [2.05, 4.69) is 26.9 Å². The van der Waals surface area contributed by atoms with E-state index in [4.69, 9.17) is 23.2 Å². The van der Waals surface area contributed by atoms with Crippen molar-refractivity contribution < 1.29 is 9.18 Å². The summed E-state index contributed by atoms with van der Waals surface area (Å²) in [6, 6.07) is 3.37. The fraction of sp³-hybridized carbons (Fsp3) is 0.111. The lowest BCUT2D eigenvalue weighted by Crippen LogP contribution is -2.17. The van der Waals surface area contributed by atoms with Crippen LogP contribution >= 0.6 is 23.2 Å². The summed E-state index contributed by atoms with van der Waals surface area (Å²) < 4.78 is 14.8. The minimum absolute atomic E-state index is 0.0191. The normalized spacial score (nSPS) is 10.4. The molecule has 6 nitrogen and oxygen atoms in total. The van der Waals surface area contributed by atoms with Crippen LogP contribution in [0, 0.1) is 11.9 Å². The molecule has 0 spiro atoms. The first kappa shape index (κ1) is 12.7. The molecule has 9 heteroatoms. The quantitative estimate of drug-likeness (QED) is 0.913. The van der Waals surface area contributed by atoms with Gasteiger partial charge in [0.25, 0.3) is 5.91 Å². The first-order valence-corrected chi connectivity index (χ1v) is 5.35. The maximum absolute atomic E-state index is 13.6. The molecule has 1 radical (unpaired) electrons. The van der Waals surface area contributed by atoms with Gasteiger partial charge in [-0.25, -0.2) is 9.07 Å². The number of amides is 1. The average molecular weight is 289 g/mol. The lowest BCUT2D eigenvalue weighted by Gasteiger charge is -2.06. The highest BCUT2D eigenvalue weighted by molar-refractivity contribution is 6.36. The fourth-order valence-electron chi connectivity index (χ4n) is 1.20. The van der Waals surface area contributed by atoms with E-state index >= 15 is 0 Å². The highest BCUT2D eigenvalue weighted by atomic mass is 35.5. The molecule has 1 amide bonds. The summed E-state index contributed by atoms with van der Waals surface area (Å²) in [5.74, 6) is -1.58. The summed E-state index contributed by atoms with van der Waals surface area (Å²) in [7, 11) is 1.52. The molecule has 0 aliphatic heterocycles. The van der Waals surface area contributed by atoms with Gasteiger partial charge in [0.15, 0.2) is 0 Å². The smallest absolute Gasteiger partial charge is 0.262 e. The molecule has 93 valence electrons. The van der Waals surface area contributed by atoms with Gasteiger partial charge in [-0.05, 0) is 16.5 Å². The van der Waals surface area contributed by atoms with Crippen LogP contribution in [-0.4, -0.2) is 26.1 Å². The third-order valence-corrected chi connectivity index (χ3v) is 2.50. The minimum atomic E-state index is -0.851. The molecule has 0 unspecified atom stereocenters. The maximum atomic E-state index is 13.6. The van der Waals surface area contributed by atoms with Gasteiger partial charge < -0.3 is 0 Å². The van der Waals surface area contributed by atoms with Crippen molar-refractivity contribution in [2.75, 3.05) is 5.32 Å². The van der Waals surface area contributed by atoms with Crippen molar-refractivity contribution in [1.82, 2.24) is 20.2 Å². The summed E-state index contributed by atoms with van der Waals surface area (Å²) in [5.41, 5.74) is -0.371. The van der Waals surface area contributed by atoms with E-state index in [9.17, 15) is 9.18 Å². The van der Waals surface area contributed by atoms with Crippen molar-refractivity contribution in [3.05, 3.63) is 33.6 Å². The van der Waals surface area contributed by atoms with Crippen LogP contribution < -0.4 is 5.32 Å². The number of tetrazole rings is 1. The van der Waals surface area contributed by atoms with Crippen molar-refractivity contribution in [1.29, 1.82) is 0 Å². The van der Waals surface area contributed by atoms with E-state index in [0.717, 1.165) is 6.07 Å². The predicted molar refractivity (Wildman–Crippen MR) is 62.0 cm³/mol. The van der Waals surface area contributed by atoms with Crippen LogP contribution in [0.1, 0.15) is 10.4 Å². The van der Waals surface area contributed by atoms with Crippen LogP contribution in [0.2, 0.25) is 10.0 Å². The zero-order valence-electron chi connectivity index (χ0n) is 8.91. The number of carbonyl (C=O) groups excluding carboxylic acids is 1. The first-order chi connectivity index (χ1) is 8.49. The van der Waals surface area contributed by atoms with Crippen LogP contribution in [0.4, 0.5) is 10.3 Å². The molecule has 0 atom stereocenters. The van der Waals surface area contributed by atoms with Crippen LogP contribution in [0.25, 0.3) is 0 Å². The molecule has 0 saturated heterocycles.